The van der Waals surface area contributed by atoms with Crippen molar-refractivity contribution in [2.45, 2.75) is 6.92 Å². The second-order valence-corrected chi connectivity index (χ2v) is 5.27. The molecule has 7 nitrogen and oxygen atoms in total. The highest BCUT2D eigenvalue weighted by atomic mass is 16.5. The first kappa shape index (κ1) is 16.4. The summed E-state index contributed by atoms with van der Waals surface area (Å²) in [7, 11) is 0. The maximum atomic E-state index is 11.7. The summed E-state index contributed by atoms with van der Waals surface area (Å²) < 4.78 is 10.5. The van der Waals surface area contributed by atoms with Gasteiger partial charge in [-0.1, -0.05) is 0 Å². The van der Waals surface area contributed by atoms with Gasteiger partial charge in [0.05, 0.1) is 6.21 Å². The Balaban J connectivity index is 1.59. The van der Waals surface area contributed by atoms with Crippen LogP contribution in [0, 0.1) is 6.92 Å². The van der Waals surface area contributed by atoms with Gasteiger partial charge in [0.2, 0.25) is 0 Å². The monoisotopic (exact) mass is 337 g/mol. The highest BCUT2D eigenvalue weighted by Crippen LogP contribution is 2.22. The van der Waals surface area contributed by atoms with Crippen molar-refractivity contribution in [1.29, 1.82) is 0 Å². The molecule has 0 aliphatic carbocycles. The number of hydrogen-bond acceptors (Lipinski definition) is 6. The summed E-state index contributed by atoms with van der Waals surface area (Å²) in [6, 6.07) is 10.0. The summed E-state index contributed by atoms with van der Waals surface area (Å²) >= 11 is 0. The van der Waals surface area contributed by atoms with E-state index in [4.69, 9.17) is 9.15 Å². The molecule has 0 bridgehead atoms. The Bertz CT molecular complexity index is 981. The van der Waals surface area contributed by atoms with Gasteiger partial charge in [0.25, 0.3) is 5.91 Å². The van der Waals surface area contributed by atoms with E-state index in [2.05, 4.69) is 15.5 Å². The van der Waals surface area contributed by atoms with Gasteiger partial charge in [0.15, 0.2) is 6.61 Å². The molecule has 0 saturated carbocycles. The third-order valence-corrected chi connectivity index (χ3v) is 3.40. The lowest BCUT2D eigenvalue weighted by atomic mass is 10.1. The largest absolute Gasteiger partial charge is 0.484 e. The molecule has 126 valence electrons. The fraction of sp³-hybridized carbons (Fsp3) is 0.111. The third-order valence-electron chi connectivity index (χ3n) is 3.40. The number of hydrogen-bond donors (Lipinski definition) is 1. The Kier molecular flexibility index (Phi) is 4.84. The van der Waals surface area contributed by atoms with Crippen LogP contribution >= 0.6 is 0 Å². The van der Waals surface area contributed by atoms with Gasteiger partial charge in [0.1, 0.15) is 11.3 Å². The predicted octanol–water partition coefficient (Wildman–Crippen LogP) is 2.03. The van der Waals surface area contributed by atoms with Gasteiger partial charge >= 0.3 is 5.63 Å². The molecular formula is C18H15N3O4. The highest BCUT2D eigenvalue weighted by molar-refractivity contribution is 5.83. The minimum atomic E-state index is -0.426. The van der Waals surface area contributed by atoms with Crippen LogP contribution in [0.1, 0.15) is 11.1 Å². The molecule has 7 heteroatoms. The van der Waals surface area contributed by atoms with Crippen molar-refractivity contribution in [1.82, 2.24) is 10.4 Å². The molecule has 3 rings (SSSR count). The predicted molar refractivity (Wildman–Crippen MR) is 92.7 cm³/mol. The summed E-state index contributed by atoms with van der Waals surface area (Å²) in [5, 5.41) is 4.65. The standard InChI is InChI=1S/C18H15N3O4/c1-12-8-18(23)25-16-9-14(2-3-15(12)16)24-11-17(22)21-20-10-13-4-6-19-7-5-13/h2-10H,11H2,1H3,(H,21,22)/b20-10-. The number of aromatic nitrogens is 1. The van der Waals surface area contributed by atoms with Crippen molar-refractivity contribution in [3.05, 3.63) is 70.3 Å². The molecule has 0 aliphatic heterocycles. The molecule has 0 saturated heterocycles. The van der Waals surface area contributed by atoms with Crippen molar-refractivity contribution >= 4 is 23.1 Å². The van der Waals surface area contributed by atoms with Crippen molar-refractivity contribution < 1.29 is 13.9 Å². The zero-order valence-electron chi connectivity index (χ0n) is 13.4. The van der Waals surface area contributed by atoms with Crippen LogP contribution in [0.15, 0.2) is 63.1 Å². The second kappa shape index (κ2) is 7.39. The number of hydrazone groups is 1. The third kappa shape index (κ3) is 4.29. The number of nitrogens with zero attached hydrogens (tertiary/aromatic N) is 2. The second-order valence-electron chi connectivity index (χ2n) is 5.27. The lowest BCUT2D eigenvalue weighted by molar-refractivity contribution is -0.123. The first-order valence-corrected chi connectivity index (χ1v) is 7.51. The number of fused-ring (bicyclic) bond motifs is 1. The average molecular weight is 337 g/mol. The van der Waals surface area contributed by atoms with Gasteiger partial charge in [0, 0.05) is 29.9 Å². The van der Waals surface area contributed by atoms with Crippen LogP contribution < -0.4 is 15.8 Å². The number of pyridine rings is 1. The summed E-state index contributed by atoms with van der Waals surface area (Å²) in [6.45, 7) is 1.61. The molecule has 2 heterocycles. The Morgan fingerprint density at radius 3 is 2.88 bits per heavy atom. The molecule has 2 aromatic heterocycles. The lowest BCUT2D eigenvalue weighted by Crippen LogP contribution is -2.24. The van der Waals surface area contributed by atoms with Gasteiger partial charge < -0.3 is 9.15 Å². The van der Waals surface area contributed by atoms with E-state index in [9.17, 15) is 9.59 Å². The molecule has 3 aromatic rings. The Morgan fingerprint density at radius 2 is 2.08 bits per heavy atom. The van der Waals surface area contributed by atoms with E-state index in [1.807, 2.05) is 6.92 Å². The molecule has 0 atom stereocenters. The Morgan fingerprint density at radius 1 is 1.28 bits per heavy atom. The van der Waals surface area contributed by atoms with Crippen LogP contribution in [-0.4, -0.2) is 23.7 Å². The number of carbonyl (C=O) groups excluding carboxylic acids is 1. The number of amides is 1. The Hall–Kier alpha value is -3.48. The van der Waals surface area contributed by atoms with E-state index in [-0.39, 0.29) is 6.61 Å². The summed E-state index contributed by atoms with van der Waals surface area (Å²) in [5.74, 6) is 0.0191. The van der Waals surface area contributed by atoms with Crippen LogP contribution in [0.2, 0.25) is 0 Å². The summed E-state index contributed by atoms with van der Waals surface area (Å²) in [6.07, 6.45) is 4.77. The van der Waals surface area contributed by atoms with Gasteiger partial charge in [-0.15, -0.1) is 0 Å². The molecule has 0 radical (unpaired) electrons. The van der Waals surface area contributed by atoms with E-state index in [1.165, 1.54) is 12.3 Å². The number of carbonyl (C=O) groups is 1. The maximum Gasteiger partial charge on any atom is 0.336 e. The lowest BCUT2D eigenvalue weighted by Gasteiger charge is -2.06. The molecule has 0 unspecified atom stereocenters. The number of aryl methyl sites for hydroxylation is 1. The van der Waals surface area contributed by atoms with Gasteiger partial charge in [-0.25, -0.2) is 10.2 Å². The molecule has 0 spiro atoms. The first-order valence-electron chi connectivity index (χ1n) is 7.51. The quantitative estimate of drug-likeness (QED) is 0.437. The van der Waals surface area contributed by atoms with Gasteiger partial charge in [-0.05, 0) is 42.3 Å². The van der Waals surface area contributed by atoms with E-state index >= 15 is 0 Å². The number of benzene rings is 1. The summed E-state index contributed by atoms with van der Waals surface area (Å²) in [4.78, 5) is 27.1. The number of rotatable bonds is 5. The normalized spacial score (nSPS) is 10.9. The van der Waals surface area contributed by atoms with Gasteiger partial charge in [-0.2, -0.15) is 5.10 Å². The topological polar surface area (TPSA) is 93.8 Å². The number of nitrogens with one attached hydrogen (secondary N) is 1. The Labute approximate surface area is 143 Å². The van der Waals surface area contributed by atoms with Crippen molar-refractivity contribution in [3.8, 4) is 5.75 Å². The van der Waals surface area contributed by atoms with Crippen molar-refractivity contribution in [2.24, 2.45) is 5.10 Å². The van der Waals surface area contributed by atoms with Crippen LogP contribution in [-0.2, 0) is 4.79 Å². The van der Waals surface area contributed by atoms with E-state index in [0.717, 1.165) is 16.5 Å². The molecule has 1 aromatic carbocycles. The molecular weight excluding hydrogens is 322 g/mol. The fourth-order valence-electron chi connectivity index (χ4n) is 2.20. The van der Waals surface area contributed by atoms with Crippen molar-refractivity contribution in [2.75, 3.05) is 6.61 Å². The maximum absolute atomic E-state index is 11.7. The van der Waals surface area contributed by atoms with Crippen LogP contribution in [0.4, 0.5) is 0 Å². The zero-order valence-corrected chi connectivity index (χ0v) is 13.4. The molecule has 1 amide bonds. The molecule has 0 aliphatic rings. The smallest absolute Gasteiger partial charge is 0.336 e. The first-order chi connectivity index (χ1) is 12.1. The SMILES string of the molecule is Cc1cc(=O)oc2cc(OCC(=O)N/N=C\c3ccncc3)ccc12. The molecule has 1 N–H and O–H groups in total. The van der Waals surface area contributed by atoms with Crippen molar-refractivity contribution in [3.63, 3.8) is 0 Å². The number of ether oxygens (including phenoxy) is 1. The molecule has 0 fully saturated rings. The molecule has 25 heavy (non-hydrogen) atoms. The van der Waals surface area contributed by atoms with Crippen LogP contribution in [0.5, 0.6) is 5.75 Å². The van der Waals surface area contributed by atoms with Crippen LogP contribution in [0.25, 0.3) is 11.0 Å². The van der Waals surface area contributed by atoms with E-state index in [0.29, 0.717) is 11.3 Å². The van der Waals surface area contributed by atoms with E-state index in [1.54, 1.807) is 42.7 Å². The average Bonchev–Trinajstić information content (AvgIpc) is 2.60. The fourth-order valence-corrected chi connectivity index (χ4v) is 2.20. The van der Waals surface area contributed by atoms with Crippen LogP contribution in [0.3, 0.4) is 0 Å². The minimum Gasteiger partial charge on any atom is -0.484 e. The minimum absolute atomic E-state index is 0.213. The van der Waals surface area contributed by atoms with Gasteiger partial charge in [-0.3, -0.25) is 9.78 Å². The highest BCUT2D eigenvalue weighted by Gasteiger charge is 2.06. The summed E-state index contributed by atoms with van der Waals surface area (Å²) in [5.41, 5.74) is 3.99. The zero-order chi connectivity index (χ0) is 17.6. The van der Waals surface area contributed by atoms with E-state index < -0.39 is 11.5 Å².